The highest BCUT2D eigenvalue weighted by Crippen LogP contribution is 2.40. The lowest BCUT2D eigenvalue weighted by atomic mass is 9.94. The van der Waals surface area contributed by atoms with Crippen molar-refractivity contribution >= 4 is 27.8 Å². The molecular formula is C23H29BrFN5O3. The maximum absolute atomic E-state index is 15.6. The van der Waals surface area contributed by atoms with Gasteiger partial charge in [0.25, 0.3) is 0 Å². The molecule has 2 aromatic rings. The lowest BCUT2D eigenvalue weighted by Crippen LogP contribution is -2.59. The molecule has 178 valence electrons. The van der Waals surface area contributed by atoms with Gasteiger partial charge in [-0.25, -0.2) is 14.2 Å². The average molecular weight is 522 g/mol. The second-order valence-corrected chi connectivity index (χ2v) is 10.4. The van der Waals surface area contributed by atoms with Gasteiger partial charge in [0.05, 0.1) is 31.0 Å². The van der Waals surface area contributed by atoms with E-state index in [1.54, 1.807) is 30.2 Å². The first kappa shape index (κ1) is 23.7. The summed E-state index contributed by atoms with van der Waals surface area (Å²) in [6.07, 6.45) is 1.82. The number of hydrogen-bond donors (Lipinski definition) is 0. The van der Waals surface area contributed by atoms with Crippen molar-refractivity contribution in [1.82, 2.24) is 20.1 Å². The minimum Gasteiger partial charge on any atom is -0.496 e. The van der Waals surface area contributed by atoms with Gasteiger partial charge in [0.2, 0.25) is 0 Å². The average Bonchev–Trinajstić information content (AvgIpc) is 3.12. The van der Waals surface area contributed by atoms with Crippen molar-refractivity contribution in [2.24, 2.45) is 0 Å². The summed E-state index contributed by atoms with van der Waals surface area (Å²) in [5.74, 6) is 1.53. The number of methoxy groups -OCH3 is 1. The zero-order valence-electron chi connectivity index (χ0n) is 19.5. The lowest BCUT2D eigenvalue weighted by molar-refractivity contribution is -0.0104. The Morgan fingerprint density at radius 2 is 2.03 bits per heavy atom. The maximum Gasteiger partial charge on any atom is 0.410 e. The highest BCUT2D eigenvalue weighted by Gasteiger charge is 2.52. The molecule has 0 N–H and O–H groups in total. The molecule has 3 heterocycles. The molecule has 8 nitrogen and oxygen atoms in total. The highest BCUT2D eigenvalue weighted by molar-refractivity contribution is 9.10. The molecule has 1 unspecified atom stereocenters. The third-order valence-electron chi connectivity index (χ3n) is 6.21. The first-order chi connectivity index (χ1) is 15.6. The van der Waals surface area contributed by atoms with Crippen molar-refractivity contribution in [2.75, 3.05) is 19.1 Å². The van der Waals surface area contributed by atoms with E-state index in [1.165, 1.54) is 0 Å². The van der Waals surface area contributed by atoms with Crippen LogP contribution in [-0.4, -0.2) is 70.2 Å². The van der Waals surface area contributed by atoms with Crippen molar-refractivity contribution in [3.63, 3.8) is 0 Å². The largest absolute Gasteiger partial charge is 0.496 e. The van der Waals surface area contributed by atoms with Crippen LogP contribution in [0.5, 0.6) is 5.75 Å². The van der Waals surface area contributed by atoms with Gasteiger partial charge >= 0.3 is 6.09 Å². The van der Waals surface area contributed by atoms with Gasteiger partial charge in [0, 0.05) is 17.6 Å². The summed E-state index contributed by atoms with van der Waals surface area (Å²) >= 11 is 3.42. The first-order valence-corrected chi connectivity index (χ1v) is 11.8. The van der Waals surface area contributed by atoms with Crippen molar-refractivity contribution in [1.29, 1.82) is 0 Å². The van der Waals surface area contributed by atoms with Gasteiger partial charge < -0.3 is 14.4 Å². The molecule has 0 spiro atoms. The van der Waals surface area contributed by atoms with Crippen molar-refractivity contribution < 1.29 is 18.7 Å². The Bertz CT molecular complexity index is 1020. The fourth-order valence-electron chi connectivity index (χ4n) is 4.67. The summed E-state index contributed by atoms with van der Waals surface area (Å²) in [5.41, 5.74) is 0.103. The Hall–Kier alpha value is -2.49. The number of aromatic nitrogens is 3. The molecule has 2 aliphatic heterocycles. The quantitative estimate of drug-likeness (QED) is 0.580. The fraction of sp³-hybridized carbons (Fsp3) is 0.565. The molecule has 2 bridgehead atoms. The molecule has 2 fully saturated rings. The number of ether oxygens (including phenoxy) is 2. The molecule has 0 radical (unpaired) electrons. The monoisotopic (exact) mass is 521 g/mol. The molecule has 4 rings (SSSR count). The maximum atomic E-state index is 15.6. The van der Waals surface area contributed by atoms with E-state index in [4.69, 9.17) is 9.47 Å². The normalized spacial score (nSPS) is 24.5. The second-order valence-electron chi connectivity index (χ2n) is 9.53. The zero-order chi connectivity index (χ0) is 23.9. The molecule has 10 heteroatoms. The second kappa shape index (κ2) is 9.04. The molecule has 1 aromatic heterocycles. The van der Waals surface area contributed by atoms with Gasteiger partial charge in [0.1, 0.15) is 17.5 Å². The van der Waals surface area contributed by atoms with E-state index >= 15 is 4.39 Å². The molecule has 0 aliphatic carbocycles. The Balaban J connectivity index is 1.50. The smallest absolute Gasteiger partial charge is 0.410 e. The Morgan fingerprint density at radius 1 is 1.27 bits per heavy atom. The highest BCUT2D eigenvalue weighted by atomic mass is 79.9. The van der Waals surface area contributed by atoms with Crippen LogP contribution in [0.3, 0.4) is 0 Å². The lowest BCUT2D eigenvalue weighted by Gasteiger charge is -2.44. The number of fused-ring (bicyclic) bond motifs is 2. The van der Waals surface area contributed by atoms with Gasteiger partial charge in [-0.3, -0.25) is 4.90 Å². The minimum absolute atomic E-state index is 0.0588. The number of hydrogen-bond acceptors (Lipinski definition) is 7. The number of amides is 1. The number of nitrogens with zero attached hydrogens (tertiary/aromatic N) is 5. The molecule has 1 aromatic carbocycles. The molecule has 2 aliphatic rings. The number of carbonyl (C=O) groups is 1. The van der Waals surface area contributed by atoms with Gasteiger partial charge in [0.15, 0.2) is 11.6 Å². The van der Waals surface area contributed by atoms with Crippen LogP contribution in [0.25, 0.3) is 11.4 Å². The molecular weight excluding hydrogens is 493 g/mol. The van der Waals surface area contributed by atoms with Crippen LogP contribution in [0.2, 0.25) is 0 Å². The number of halogens is 2. The summed E-state index contributed by atoms with van der Waals surface area (Å²) in [4.78, 5) is 20.5. The van der Waals surface area contributed by atoms with Crippen LogP contribution in [0.4, 0.5) is 15.0 Å². The van der Waals surface area contributed by atoms with Crippen molar-refractivity contribution in [3.8, 4) is 17.1 Å². The predicted molar refractivity (Wildman–Crippen MR) is 126 cm³/mol. The Kier molecular flexibility index (Phi) is 6.48. The van der Waals surface area contributed by atoms with Crippen LogP contribution in [-0.2, 0) is 4.74 Å². The van der Waals surface area contributed by atoms with E-state index in [0.717, 1.165) is 16.5 Å². The SMILES string of the molecule is COc1cc(Br)ccc1-c1ncc(N(C)[C@@H]2C[C@H]3CC[C@@H](C2F)N3C(=O)OC(C)(C)C)nn1. The number of benzene rings is 1. The van der Waals surface area contributed by atoms with Gasteiger partial charge in [-0.15, -0.1) is 10.2 Å². The standard InChI is InChI=1S/C23H29BrFN5O3/c1-23(2,3)33-22(31)30-14-7-9-16(30)20(25)17(11-14)29(4)19-12-26-21(28-27-19)15-8-6-13(24)10-18(15)32-5/h6,8,10,12,14,16-17,20H,7,9,11H2,1-5H3/t14-,16+,17-,20?/m1/s1. The Morgan fingerprint density at radius 3 is 2.67 bits per heavy atom. The number of piperidine rings is 1. The Labute approximate surface area is 201 Å². The van der Waals surface area contributed by atoms with Crippen molar-refractivity contribution in [3.05, 3.63) is 28.9 Å². The van der Waals surface area contributed by atoms with Crippen LogP contribution in [0, 0.1) is 0 Å². The molecule has 4 atom stereocenters. The van der Waals surface area contributed by atoms with E-state index in [-0.39, 0.29) is 6.04 Å². The molecule has 33 heavy (non-hydrogen) atoms. The van der Waals surface area contributed by atoms with Gasteiger partial charge in [-0.1, -0.05) is 15.9 Å². The van der Waals surface area contributed by atoms with E-state index in [1.807, 2.05) is 39.0 Å². The van der Waals surface area contributed by atoms with Gasteiger partial charge in [-0.2, -0.15) is 0 Å². The third kappa shape index (κ3) is 4.76. The van der Waals surface area contributed by atoms with Crippen LogP contribution < -0.4 is 9.64 Å². The van der Waals surface area contributed by atoms with Crippen LogP contribution in [0.1, 0.15) is 40.0 Å². The molecule has 0 saturated carbocycles. The van der Waals surface area contributed by atoms with Crippen LogP contribution in [0.15, 0.2) is 28.9 Å². The summed E-state index contributed by atoms with van der Waals surface area (Å²) in [5, 5.41) is 8.57. The van der Waals surface area contributed by atoms with E-state index in [2.05, 4.69) is 31.1 Å². The first-order valence-electron chi connectivity index (χ1n) is 11.0. The van der Waals surface area contributed by atoms with E-state index < -0.39 is 29.9 Å². The van der Waals surface area contributed by atoms with Crippen LogP contribution >= 0.6 is 15.9 Å². The van der Waals surface area contributed by atoms with Crippen molar-refractivity contribution in [2.45, 2.75) is 69.9 Å². The summed E-state index contributed by atoms with van der Waals surface area (Å²) in [6, 6.07) is 4.58. The van der Waals surface area contributed by atoms with E-state index in [0.29, 0.717) is 30.2 Å². The number of anilines is 1. The fourth-order valence-corrected chi connectivity index (χ4v) is 5.01. The summed E-state index contributed by atoms with van der Waals surface area (Å²) < 4.78 is 27.4. The van der Waals surface area contributed by atoms with Gasteiger partial charge in [-0.05, 0) is 58.2 Å². The zero-order valence-corrected chi connectivity index (χ0v) is 21.0. The number of rotatable bonds is 4. The minimum atomic E-state index is -1.23. The predicted octanol–water partition coefficient (Wildman–Crippen LogP) is 4.62. The third-order valence-corrected chi connectivity index (χ3v) is 6.71. The number of carbonyl (C=O) groups excluding carboxylic acids is 1. The molecule has 1 amide bonds. The number of alkyl halides is 1. The summed E-state index contributed by atoms with van der Waals surface area (Å²) in [6.45, 7) is 5.46. The van der Waals surface area contributed by atoms with E-state index in [9.17, 15) is 4.79 Å². The summed E-state index contributed by atoms with van der Waals surface area (Å²) in [7, 11) is 3.38. The topological polar surface area (TPSA) is 80.7 Å². The molecule has 2 saturated heterocycles.